The molecule has 0 spiro atoms. The van der Waals surface area contributed by atoms with E-state index in [0.717, 1.165) is 35.8 Å². The Hall–Kier alpha value is -3.60. The maximum absolute atomic E-state index is 5.68. The number of benzene rings is 4. The van der Waals surface area contributed by atoms with Crippen LogP contribution in [0, 0.1) is 0 Å². The van der Waals surface area contributed by atoms with Crippen molar-refractivity contribution in [1.29, 1.82) is 0 Å². The van der Waals surface area contributed by atoms with Crippen molar-refractivity contribution >= 4 is 0 Å². The van der Waals surface area contributed by atoms with E-state index >= 15 is 0 Å². The Bertz CT molecular complexity index is 931. The Morgan fingerprint density at radius 1 is 0.406 bits per heavy atom. The van der Waals surface area contributed by atoms with Gasteiger partial charge in [0.25, 0.3) is 0 Å². The van der Waals surface area contributed by atoms with Gasteiger partial charge in [-0.25, -0.2) is 0 Å². The quantitative estimate of drug-likeness (QED) is 0.365. The molecule has 0 unspecified atom stereocenters. The number of hydrogen-bond donors (Lipinski definition) is 2. The lowest BCUT2D eigenvalue weighted by Gasteiger charge is -2.06. The van der Waals surface area contributed by atoms with Gasteiger partial charge in [-0.3, -0.25) is 0 Å². The van der Waals surface area contributed by atoms with Gasteiger partial charge in [0.1, 0.15) is 23.0 Å². The molecule has 4 nitrogen and oxygen atoms in total. The van der Waals surface area contributed by atoms with Crippen molar-refractivity contribution in [1.82, 2.24) is 0 Å². The highest BCUT2D eigenvalue weighted by Gasteiger charge is 1.98. The van der Waals surface area contributed by atoms with Crippen molar-refractivity contribution in [3.8, 4) is 23.0 Å². The van der Waals surface area contributed by atoms with Crippen molar-refractivity contribution in [3.63, 3.8) is 0 Å². The first-order chi connectivity index (χ1) is 15.8. The third kappa shape index (κ3) is 7.91. The van der Waals surface area contributed by atoms with Crippen LogP contribution in [0.4, 0.5) is 0 Å². The second-order valence-electron chi connectivity index (χ2n) is 7.20. The first-order valence-corrected chi connectivity index (χ1v) is 10.8. The fourth-order valence-corrected chi connectivity index (χ4v) is 3.03. The minimum atomic E-state index is 0.679. The summed E-state index contributed by atoms with van der Waals surface area (Å²) in [5, 5.41) is 0. The molecule has 0 bridgehead atoms. The van der Waals surface area contributed by atoms with Crippen LogP contribution in [0.5, 0.6) is 23.0 Å². The van der Waals surface area contributed by atoms with E-state index < -0.39 is 0 Å². The van der Waals surface area contributed by atoms with Gasteiger partial charge in [0, 0.05) is 0 Å². The molecule has 0 aliphatic carbocycles. The normalized spacial score (nSPS) is 10.1. The van der Waals surface area contributed by atoms with E-state index in [-0.39, 0.29) is 0 Å². The molecule has 0 heterocycles. The standard InChI is InChI=1S/2C14H15NO/c2*15-11-10-12-6-8-14(9-7-12)16-13-4-2-1-3-5-13/h2*1-9H,10-11,15H2. The van der Waals surface area contributed by atoms with Crippen molar-refractivity contribution in [2.24, 2.45) is 11.5 Å². The lowest BCUT2D eigenvalue weighted by atomic mass is 10.1. The molecular weight excluding hydrogens is 396 g/mol. The summed E-state index contributed by atoms with van der Waals surface area (Å²) < 4.78 is 11.4. The largest absolute Gasteiger partial charge is 0.457 e. The van der Waals surface area contributed by atoms with Crippen molar-refractivity contribution in [3.05, 3.63) is 120 Å². The zero-order chi connectivity index (χ0) is 22.4. The highest BCUT2D eigenvalue weighted by molar-refractivity contribution is 5.34. The minimum absolute atomic E-state index is 0.679. The zero-order valence-electron chi connectivity index (χ0n) is 18.2. The summed E-state index contributed by atoms with van der Waals surface area (Å²) in [4.78, 5) is 0. The summed E-state index contributed by atoms with van der Waals surface area (Å²) in [7, 11) is 0. The van der Waals surface area contributed by atoms with Crippen LogP contribution in [-0.2, 0) is 12.8 Å². The van der Waals surface area contributed by atoms with Gasteiger partial charge < -0.3 is 20.9 Å². The third-order valence-corrected chi connectivity index (χ3v) is 4.67. The number of nitrogens with two attached hydrogens (primary N) is 2. The van der Waals surface area contributed by atoms with E-state index in [2.05, 4.69) is 0 Å². The Kier molecular flexibility index (Phi) is 9.34. The smallest absolute Gasteiger partial charge is 0.127 e. The summed E-state index contributed by atoms with van der Waals surface area (Å²) >= 11 is 0. The van der Waals surface area contributed by atoms with Gasteiger partial charge in [-0.05, 0) is 85.6 Å². The van der Waals surface area contributed by atoms with Gasteiger partial charge in [-0.1, -0.05) is 60.7 Å². The maximum Gasteiger partial charge on any atom is 0.127 e. The number of hydrogen-bond acceptors (Lipinski definition) is 4. The molecule has 32 heavy (non-hydrogen) atoms. The topological polar surface area (TPSA) is 70.5 Å². The number of ether oxygens (including phenoxy) is 2. The van der Waals surface area contributed by atoms with E-state index in [1.165, 1.54) is 11.1 Å². The Balaban J connectivity index is 0.000000181. The molecule has 4 N–H and O–H groups in total. The molecule has 164 valence electrons. The molecular formula is C28H30N2O2. The first-order valence-electron chi connectivity index (χ1n) is 10.8. The van der Waals surface area contributed by atoms with Gasteiger partial charge in [0.2, 0.25) is 0 Å². The van der Waals surface area contributed by atoms with Crippen LogP contribution in [0.3, 0.4) is 0 Å². The van der Waals surface area contributed by atoms with E-state index in [4.69, 9.17) is 20.9 Å². The van der Waals surface area contributed by atoms with Crippen LogP contribution in [0.1, 0.15) is 11.1 Å². The summed E-state index contributed by atoms with van der Waals surface area (Å²) in [6.07, 6.45) is 1.82. The Morgan fingerprint density at radius 2 is 0.719 bits per heavy atom. The first kappa shape index (κ1) is 23.1. The average molecular weight is 427 g/mol. The monoisotopic (exact) mass is 426 g/mol. The lowest BCUT2D eigenvalue weighted by Crippen LogP contribution is -2.02. The predicted molar refractivity (Wildman–Crippen MR) is 131 cm³/mol. The van der Waals surface area contributed by atoms with E-state index in [1.807, 2.05) is 109 Å². The van der Waals surface area contributed by atoms with Gasteiger partial charge in [-0.15, -0.1) is 0 Å². The third-order valence-electron chi connectivity index (χ3n) is 4.67. The van der Waals surface area contributed by atoms with Crippen LogP contribution in [-0.4, -0.2) is 13.1 Å². The van der Waals surface area contributed by atoms with Crippen LogP contribution in [0.2, 0.25) is 0 Å². The molecule has 4 rings (SSSR count). The summed E-state index contributed by atoms with van der Waals surface area (Å²) in [5.41, 5.74) is 13.5. The fraction of sp³-hybridized carbons (Fsp3) is 0.143. The van der Waals surface area contributed by atoms with Gasteiger partial charge in [-0.2, -0.15) is 0 Å². The van der Waals surface area contributed by atoms with Gasteiger partial charge >= 0.3 is 0 Å². The Labute approximate surface area is 190 Å². The predicted octanol–water partition coefficient (Wildman–Crippen LogP) is 5.96. The number of para-hydroxylation sites is 2. The molecule has 0 aromatic heterocycles. The van der Waals surface area contributed by atoms with Crippen LogP contribution in [0.15, 0.2) is 109 Å². The summed E-state index contributed by atoms with van der Waals surface area (Å²) in [6.45, 7) is 1.36. The second kappa shape index (κ2) is 13.0. The maximum atomic E-state index is 5.68. The molecule has 4 heteroatoms. The van der Waals surface area contributed by atoms with E-state index in [0.29, 0.717) is 13.1 Å². The van der Waals surface area contributed by atoms with Crippen LogP contribution < -0.4 is 20.9 Å². The van der Waals surface area contributed by atoms with Gasteiger partial charge in [0.15, 0.2) is 0 Å². The van der Waals surface area contributed by atoms with E-state index in [1.54, 1.807) is 0 Å². The van der Waals surface area contributed by atoms with Crippen molar-refractivity contribution in [2.45, 2.75) is 12.8 Å². The molecule has 0 atom stereocenters. The lowest BCUT2D eigenvalue weighted by molar-refractivity contribution is 0.482. The van der Waals surface area contributed by atoms with Crippen molar-refractivity contribution < 1.29 is 9.47 Å². The molecule has 4 aromatic rings. The highest BCUT2D eigenvalue weighted by atomic mass is 16.5. The van der Waals surface area contributed by atoms with Crippen molar-refractivity contribution in [2.75, 3.05) is 13.1 Å². The molecule has 0 aliphatic rings. The van der Waals surface area contributed by atoms with Crippen LogP contribution >= 0.6 is 0 Å². The fourth-order valence-electron chi connectivity index (χ4n) is 3.03. The zero-order valence-corrected chi connectivity index (χ0v) is 18.2. The molecule has 4 aromatic carbocycles. The number of rotatable bonds is 8. The Morgan fingerprint density at radius 3 is 1.03 bits per heavy atom. The molecule has 0 amide bonds. The molecule has 0 aliphatic heterocycles. The molecule has 0 saturated carbocycles. The van der Waals surface area contributed by atoms with Crippen LogP contribution in [0.25, 0.3) is 0 Å². The molecule has 0 fully saturated rings. The summed E-state index contributed by atoms with van der Waals surface area (Å²) in [6, 6.07) is 35.6. The second-order valence-corrected chi connectivity index (χ2v) is 7.20. The average Bonchev–Trinajstić information content (AvgIpc) is 2.84. The van der Waals surface area contributed by atoms with E-state index in [9.17, 15) is 0 Å². The summed E-state index contributed by atoms with van der Waals surface area (Å²) in [5.74, 6) is 3.42. The van der Waals surface area contributed by atoms with Gasteiger partial charge in [0.05, 0.1) is 0 Å². The molecule has 0 saturated heterocycles. The SMILES string of the molecule is NCCc1ccc(Oc2ccccc2)cc1.NCCc1ccc(Oc2ccccc2)cc1. The molecule has 0 radical (unpaired) electrons. The minimum Gasteiger partial charge on any atom is -0.457 e. The highest BCUT2D eigenvalue weighted by Crippen LogP contribution is 2.22.